The van der Waals surface area contributed by atoms with Gasteiger partial charge in [0.1, 0.15) is 25.0 Å². The minimum atomic E-state index is -2.51. The zero-order chi connectivity index (χ0) is 17.8. The number of imidazole rings is 1. The third kappa shape index (κ3) is 9.45. The van der Waals surface area contributed by atoms with Gasteiger partial charge in [-0.2, -0.15) is 0 Å². The van der Waals surface area contributed by atoms with Crippen LogP contribution in [-0.2, 0) is 31.1 Å². The van der Waals surface area contributed by atoms with Gasteiger partial charge in [-0.05, 0) is 12.8 Å². The lowest BCUT2D eigenvalue weighted by atomic mass is 10.3. The molecule has 25 heavy (non-hydrogen) atoms. The lowest BCUT2D eigenvalue weighted by molar-refractivity contribution is -0.703. The van der Waals surface area contributed by atoms with Crippen LogP contribution < -0.4 is 28.5 Å². The van der Waals surface area contributed by atoms with Crippen molar-refractivity contribution in [3.8, 4) is 0 Å². The number of nitrogens with zero attached hydrogens (tertiary/aromatic N) is 2. The molecule has 0 aliphatic rings. The average Bonchev–Trinajstić information content (AvgIpc) is 3.04. The molecule has 0 spiro atoms. The quantitative estimate of drug-likeness (QED) is 0.145. The van der Waals surface area contributed by atoms with E-state index in [9.17, 15) is 5.11 Å². The van der Waals surface area contributed by atoms with E-state index in [1.54, 1.807) is 21.3 Å². The highest BCUT2D eigenvalue weighted by molar-refractivity contribution is 6.60. The van der Waals surface area contributed by atoms with Gasteiger partial charge in [0, 0.05) is 34.0 Å². The molecular weight excluding hydrogens is 455 g/mol. The molecule has 0 amide bonds. The van der Waals surface area contributed by atoms with Crippen molar-refractivity contribution < 1.29 is 51.7 Å². The zero-order valence-corrected chi connectivity index (χ0v) is 19.0. The molecule has 148 valence electrons. The molecule has 0 radical (unpaired) electrons. The number of ether oxygens (including phenoxy) is 1. The summed E-state index contributed by atoms with van der Waals surface area (Å²) in [6.45, 7) is 4.59. The second kappa shape index (κ2) is 14.1. The number of hydrogen-bond donors (Lipinski definition) is 1. The number of aliphatic hydroxyl groups excluding tert-OH is 1. The smallest absolute Gasteiger partial charge is 0.500 e. The predicted octanol–water partition coefficient (Wildman–Crippen LogP) is -1.77. The van der Waals surface area contributed by atoms with Crippen molar-refractivity contribution >= 4 is 8.80 Å². The fourth-order valence-corrected chi connectivity index (χ4v) is 4.17. The number of unbranched alkanes of at least 4 members (excludes halogenated alkanes) is 1. The van der Waals surface area contributed by atoms with Gasteiger partial charge in [-0.25, -0.2) is 9.13 Å². The Labute approximate surface area is 169 Å². The number of aryl methyl sites for hydroxylation is 1. The summed E-state index contributed by atoms with van der Waals surface area (Å²) in [6, 6.07) is 0.696. The summed E-state index contributed by atoms with van der Waals surface area (Å²) in [5.74, 6) is 0. The van der Waals surface area contributed by atoms with Gasteiger partial charge in [0.05, 0.1) is 13.2 Å². The Morgan fingerprint density at radius 1 is 1.16 bits per heavy atom. The van der Waals surface area contributed by atoms with Crippen LogP contribution in [0.15, 0.2) is 18.7 Å². The largest absolute Gasteiger partial charge is 1.00 e. The van der Waals surface area contributed by atoms with Crippen LogP contribution in [0.5, 0.6) is 0 Å². The van der Waals surface area contributed by atoms with Crippen LogP contribution in [-0.4, -0.2) is 59.1 Å². The molecule has 0 aromatic carbocycles. The molecule has 1 aromatic rings. The van der Waals surface area contributed by atoms with Gasteiger partial charge >= 0.3 is 8.80 Å². The highest BCUT2D eigenvalue weighted by atomic mass is 127. The Hall–Kier alpha value is -0.0431. The monoisotopic (exact) mass is 488 g/mol. The van der Waals surface area contributed by atoms with Crippen LogP contribution in [0.2, 0.25) is 6.04 Å². The minimum absolute atomic E-state index is 0. The lowest BCUT2D eigenvalue weighted by Gasteiger charge is -2.24. The van der Waals surface area contributed by atoms with E-state index in [-0.39, 0.29) is 24.0 Å². The first-order valence-electron chi connectivity index (χ1n) is 8.55. The van der Waals surface area contributed by atoms with Crippen molar-refractivity contribution in [2.75, 3.05) is 34.5 Å². The zero-order valence-electron chi connectivity index (χ0n) is 15.8. The van der Waals surface area contributed by atoms with E-state index in [4.69, 9.17) is 18.0 Å². The molecule has 9 heteroatoms. The van der Waals surface area contributed by atoms with E-state index in [2.05, 4.69) is 11.5 Å². The van der Waals surface area contributed by atoms with Crippen molar-refractivity contribution in [2.45, 2.75) is 51.4 Å². The topological polar surface area (TPSA) is 66.0 Å². The van der Waals surface area contributed by atoms with E-state index in [0.717, 1.165) is 19.4 Å². The highest BCUT2D eigenvalue weighted by Crippen LogP contribution is 2.14. The number of halogens is 1. The molecule has 0 saturated carbocycles. The molecule has 7 nitrogen and oxygen atoms in total. The standard InChI is InChI=1S/C16H33N2O5Si.HI/c1-5-6-8-17-9-10-18(15-17)13-16(19)14-23-11-7-12-24(20-2,21-3)22-4;/h9-10,15-16,19H,5-8,11-14H2,1-4H3;1H/q+1;/p-1. The van der Waals surface area contributed by atoms with Gasteiger partial charge in [-0.15, -0.1) is 0 Å². The molecule has 0 aliphatic heterocycles. The van der Waals surface area contributed by atoms with Crippen molar-refractivity contribution in [1.82, 2.24) is 4.57 Å². The fourth-order valence-electron chi connectivity index (χ4n) is 2.48. The van der Waals surface area contributed by atoms with E-state index in [1.165, 1.54) is 6.42 Å². The summed E-state index contributed by atoms with van der Waals surface area (Å²) in [6.07, 6.45) is 8.63. The summed E-state index contributed by atoms with van der Waals surface area (Å²) >= 11 is 0. The van der Waals surface area contributed by atoms with Gasteiger partial charge in [0.2, 0.25) is 6.33 Å². The fraction of sp³-hybridized carbons (Fsp3) is 0.812. The summed E-state index contributed by atoms with van der Waals surface area (Å²) in [5, 5.41) is 10.1. The van der Waals surface area contributed by atoms with Gasteiger partial charge in [-0.1, -0.05) is 13.3 Å². The Balaban J connectivity index is 0.00000576. The summed E-state index contributed by atoms with van der Waals surface area (Å²) in [7, 11) is 2.30. The molecule has 0 fully saturated rings. The first kappa shape index (κ1) is 25.0. The maximum atomic E-state index is 10.1. The molecule has 1 heterocycles. The second-order valence-corrected chi connectivity index (χ2v) is 8.92. The molecule has 1 rings (SSSR count). The number of hydrogen-bond acceptors (Lipinski definition) is 5. The van der Waals surface area contributed by atoms with Gasteiger partial charge in [0.15, 0.2) is 0 Å². The van der Waals surface area contributed by atoms with Crippen LogP contribution in [0.4, 0.5) is 0 Å². The summed E-state index contributed by atoms with van der Waals surface area (Å²) in [5.41, 5.74) is 0. The molecule has 1 N–H and O–H groups in total. The Morgan fingerprint density at radius 2 is 1.84 bits per heavy atom. The van der Waals surface area contributed by atoms with Crippen LogP contribution in [0.3, 0.4) is 0 Å². The number of aromatic nitrogens is 2. The summed E-state index contributed by atoms with van der Waals surface area (Å²) in [4.78, 5) is 0. The van der Waals surface area contributed by atoms with E-state index < -0.39 is 14.9 Å². The lowest BCUT2D eigenvalue weighted by Crippen LogP contribution is -3.00. The van der Waals surface area contributed by atoms with Crippen LogP contribution in [0, 0.1) is 0 Å². The van der Waals surface area contributed by atoms with Crippen LogP contribution in [0.25, 0.3) is 0 Å². The minimum Gasteiger partial charge on any atom is -1.00 e. The maximum absolute atomic E-state index is 10.1. The predicted molar refractivity (Wildman–Crippen MR) is 92.6 cm³/mol. The normalized spacial score (nSPS) is 12.8. The first-order chi connectivity index (χ1) is 11.6. The van der Waals surface area contributed by atoms with Crippen molar-refractivity contribution in [3.63, 3.8) is 0 Å². The molecule has 1 atom stereocenters. The highest BCUT2D eigenvalue weighted by Gasteiger charge is 2.36. The molecule has 0 bridgehead atoms. The molecule has 1 aromatic heterocycles. The Morgan fingerprint density at radius 3 is 2.44 bits per heavy atom. The van der Waals surface area contributed by atoms with Gasteiger partial charge in [-0.3, -0.25) is 0 Å². The molecule has 1 unspecified atom stereocenters. The third-order valence-corrected chi connectivity index (χ3v) is 6.78. The van der Waals surface area contributed by atoms with Crippen molar-refractivity contribution in [1.29, 1.82) is 0 Å². The van der Waals surface area contributed by atoms with Crippen LogP contribution in [0.1, 0.15) is 26.2 Å². The second-order valence-electron chi connectivity index (χ2n) is 5.83. The Bertz CT molecular complexity index is 438. The van der Waals surface area contributed by atoms with E-state index in [1.807, 2.05) is 23.3 Å². The first-order valence-corrected chi connectivity index (χ1v) is 10.5. The maximum Gasteiger partial charge on any atom is 0.500 e. The molecule has 0 aliphatic carbocycles. The summed E-state index contributed by atoms with van der Waals surface area (Å²) < 4.78 is 25.8. The SMILES string of the molecule is CCCCn1cc[n+](CC(O)COCCC[Si](OC)(OC)OC)c1.[I-]. The van der Waals surface area contributed by atoms with Crippen LogP contribution >= 0.6 is 0 Å². The Kier molecular flexibility index (Phi) is 14.0. The third-order valence-electron chi connectivity index (χ3n) is 3.95. The average molecular weight is 488 g/mol. The number of aliphatic hydroxyl groups is 1. The van der Waals surface area contributed by atoms with Crippen molar-refractivity contribution in [2.24, 2.45) is 0 Å². The molecular formula is C16H33IN2O5Si. The molecule has 0 saturated heterocycles. The number of rotatable bonds is 14. The van der Waals surface area contributed by atoms with Gasteiger partial charge < -0.3 is 47.1 Å². The van der Waals surface area contributed by atoms with E-state index >= 15 is 0 Å². The van der Waals surface area contributed by atoms with Crippen molar-refractivity contribution in [3.05, 3.63) is 18.7 Å². The van der Waals surface area contributed by atoms with Gasteiger partial charge in [0.25, 0.3) is 0 Å². The van der Waals surface area contributed by atoms with E-state index in [0.29, 0.717) is 25.8 Å².